The van der Waals surface area contributed by atoms with Crippen LogP contribution in [-0.4, -0.2) is 28.6 Å². The normalized spacial score (nSPS) is 16.9. The maximum Gasteiger partial charge on any atom is 0.341 e. The number of pyridine rings is 1. The zero-order valence-corrected chi connectivity index (χ0v) is 18.4. The van der Waals surface area contributed by atoms with Gasteiger partial charge in [0.25, 0.3) is 0 Å². The van der Waals surface area contributed by atoms with Crippen LogP contribution >= 0.6 is 0 Å². The van der Waals surface area contributed by atoms with Crippen LogP contribution in [0.4, 0.5) is 0 Å². The van der Waals surface area contributed by atoms with Crippen molar-refractivity contribution in [3.63, 3.8) is 0 Å². The lowest BCUT2D eigenvalue weighted by atomic mass is 9.71. The summed E-state index contributed by atoms with van der Waals surface area (Å²) in [5, 5.41) is 9.02. The van der Waals surface area contributed by atoms with E-state index in [0.717, 1.165) is 41.5 Å². The first kappa shape index (κ1) is 22.5. The molecular formula is C27H28N2O4. The van der Waals surface area contributed by atoms with Gasteiger partial charge in [0.2, 0.25) is 5.91 Å². The molecule has 0 aliphatic heterocycles. The van der Waals surface area contributed by atoms with Gasteiger partial charge in [-0.3, -0.25) is 9.78 Å². The van der Waals surface area contributed by atoms with Crippen LogP contribution in [0.3, 0.4) is 0 Å². The Balaban J connectivity index is 1.69. The van der Waals surface area contributed by atoms with Crippen LogP contribution in [0.2, 0.25) is 0 Å². The fourth-order valence-electron chi connectivity index (χ4n) is 5.01. The number of nitrogens with zero attached hydrogens (tertiary/aromatic N) is 1. The second-order valence-corrected chi connectivity index (χ2v) is 8.50. The van der Waals surface area contributed by atoms with Gasteiger partial charge in [0.1, 0.15) is 5.75 Å². The lowest BCUT2D eigenvalue weighted by Crippen LogP contribution is -2.32. The molecule has 170 valence electrons. The third kappa shape index (κ3) is 5.22. The van der Waals surface area contributed by atoms with E-state index in [1.807, 2.05) is 48.7 Å². The first-order chi connectivity index (χ1) is 16.0. The van der Waals surface area contributed by atoms with Crippen LogP contribution in [0, 0.1) is 5.92 Å². The molecule has 3 N–H and O–H groups in total. The number of primary amides is 1. The van der Waals surface area contributed by atoms with E-state index in [2.05, 4.69) is 17.1 Å². The Labute approximate surface area is 193 Å². The van der Waals surface area contributed by atoms with Crippen molar-refractivity contribution in [2.45, 2.75) is 37.5 Å². The average Bonchev–Trinajstić information content (AvgIpc) is 2.84. The second kappa shape index (κ2) is 10.3. The zero-order valence-electron chi connectivity index (χ0n) is 18.4. The molecule has 0 spiro atoms. The highest BCUT2D eigenvalue weighted by molar-refractivity contribution is 5.78. The van der Waals surface area contributed by atoms with E-state index >= 15 is 0 Å². The number of carbonyl (C=O) groups is 2. The van der Waals surface area contributed by atoms with Crippen LogP contribution < -0.4 is 10.5 Å². The minimum absolute atomic E-state index is 0.0192. The average molecular weight is 445 g/mol. The summed E-state index contributed by atoms with van der Waals surface area (Å²) in [7, 11) is 0. The maximum absolute atomic E-state index is 12.8. The number of carboxylic acids is 1. The SMILES string of the molecule is NC(=O)C(CC(c1ccccc1)c1cccnc1)C1CCCc2c(OCC(=O)O)cccc21. The summed E-state index contributed by atoms with van der Waals surface area (Å²) in [6.45, 7) is -0.391. The molecule has 3 atom stereocenters. The van der Waals surface area contributed by atoms with Gasteiger partial charge in [-0.1, -0.05) is 48.5 Å². The highest BCUT2D eigenvalue weighted by Gasteiger charge is 2.35. The van der Waals surface area contributed by atoms with E-state index in [4.69, 9.17) is 15.6 Å². The predicted molar refractivity (Wildman–Crippen MR) is 125 cm³/mol. The number of aromatic nitrogens is 1. The summed E-state index contributed by atoms with van der Waals surface area (Å²) in [4.78, 5) is 28.1. The van der Waals surface area contributed by atoms with Crippen molar-refractivity contribution in [2.75, 3.05) is 6.61 Å². The Morgan fingerprint density at radius 2 is 1.85 bits per heavy atom. The van der Waals surface area contributed by atoms with E-state index in [9.17, 15) is 9.59 Å². The van der Waals surface area contributed by atoms with Crippen LogP contribution in [0.15, 0.2) is 73.1 Å². The molecule has 0 saturated carbocycles. The topological polar surface area (TPSA) is 103 Å². The van der Waals surface area contributed by atoms with Gasteiger partial charge in [0.05, 0.1) is 0 Å². The summed E-state index contributed by atoms with van der Waals surface area (Å²) in [5.74, 6) is -1.22. The zero-order chi connectivity index (χ0) is 23.2. The van der Waals surface area contributed by atoms with Crippen molar-refractivity contribution < 1.29 is 19.4 Å². The standard InChI is InChI=1S/C27H28N2O4/c28-27(32)24(15-23(18-7-2-1-3-8-18)19-9-6-14-29-16-19)21-10-4-12-22-20(21)11-5-13-25(22)33-17-26(30)31/h1-3,5-9,11,13-14,16,21,23-24H,4,10,12,15,17H2,(H2,28,32)(H,30,31). The largest absolute Gasteiger partial charge is 0.482 e. The fraction of sp³-hybridized carbons (Fsp3) is 0.296. The fourth-order valence-corrected chi connectivity index (χ4v) is 5.01. The van der Waals surface area contributed by atoms with Crippen LogP contribution in [0.5, 0.6) is 5.75 Å². The summed E-state index contributed by atoms with van der Waals surface area (Å²) >= 11 is 0. The number of aliphatic carboxylic acids is 1. The highest BCUT2D eigenvalue weighted by Crippen LogP contribution is 2.44. The molecule has 1 amide bonds. The number of benzene rings is 2. The lowest BCUT2D eigenvalue weighted by molar-refractivity contribution is -0.139. The minimum Gasteiger partial charge on any atom is -0.482 e. The van der Waals surface area contributed by atoms with E-state index in [-0.39, 0.29) is 23.7 Å². The number of ether oxygens (including phenoxy) is 1. The van der Waals surface area contributed by atoms with Crippen molar-refractivity contribution in [1.82, 2.24) is 4.98 Å². The molecule has 1 heterocycles. The van der Waals surface area contributed by atoms with Crippen LogP contribution in [-0.2, 0) is 16.0 Å². The number of hydrogen-bond donors (Lipinski definition) is 2. The van der Waals surface area contributed by atoms with Gasteiger partial charge in [0.15, 0.2) is 6.61 Å². The molecule has 1 aliphatic rings. The van der Waals surface area contributed by atoms with Crippen LogP contribution in [0.1, 0.15) is 53.4 Å². The Bertz CT molecular complexity index is 1060. The first-order valence-corrected chi connectivity index (χ1v) is 11.2. The lowest BCUT2D eigenvalue weighted by Gasteiger charge is -2.33. The van der Waals surface area contributed by atoms with Gasteiger partial charge < -0.3 is 15.6 Å². The molecule has 1 aromatic heterocycles. The van der Waals surface area contributed by atoms with Crippen molar-refractivity contribution in [3.8, 4) is 5.75 Å². The van der Waals surface area contributed by atoms with E-state index in [1.165, 1.54) is 0 Å². The summed E-state index contributed by atoms with van der Waals surface area (Å²) in [5.41, 5.74) is 10.2. The van der Waals surface area contributed by atoms with Crippen molar-refractivity contribution in [1.29, 1.82) is 0 Å². The highest BCUT2D eigenvalue weighted by atomic mass is 16.5. The number of carbonyl (C=O) groups excluding carboxylic acids is 1. The summed E-state index contributed by atoms with van der Waals surface area (Å²) in [6, 6.07) is 19.7. The van der Waals surface area contributed by atoms with Gasteiger partial charge >= 0.3 is 5.97 Å². The third-order valence-corrected chi connectivity index (χ3v) is 6.49. The molecule has 3 unspecified atom stereocenters. The first-order valence-electron chi connectivity index (χ1n) is 11.2. The third-order valence-electron chi connectivity index (χ3n) is 6.49. The molecule has 6 heteroatoms. The Morgan fingerprint density at radius 1 is 1.06 bits per heavy atom. The number of amides is 1. The van der Waals surface area contributed by atoms with Crippen molar-refractivity contribution in [2.24, 2.45) is 11.7 Å². The van der Waals surface area contributed by atoms with Gasteiger partial charge in [-0.15, -0.1) is 0 Å². The molecule has 1 aliphatic carbocycles. The second-order valence-electron chi connectivity index (χ2n) is 8.50. The molecule has 3 aromatic rings. The van der Waals surface area contributed by atoms with Gasteiger partial charge in [-0.25, -0.2) is 4.79 Å². The van der Waals surface area contributed by atoms with E-state index < -0.39 is 12.6 Å². The molecule has 0 bridgehead atoms. The van der Waals surface area contributed by atoms with Crippen molar-refractivity contribution >= 4 is 11.9 Å². The predicted octanol–water partition coefficient (Wildman–Crippen LogP) is 4.29. The minimum atomic E-state index is -1.02. The number of hydrogen-bond acceptors (Lipinski definition) is 4. The van der Waals surface area contributed by atoms with Gasteiger partial charge in [-0.2, -0.15) is 0 Å². The quantitative estimate of drug-likeness (QED) is 0.513. The van der Waals surface area contributed by atoms with E-state index in [1.54, 1.807) is 12.3 Å². The Hall–Kier alpha value is -3.67. The van der Waals surface area contributed by atoms with Gasteiger partial charge in [-0.05, 0) is 66.0 Å². The molecule has 4 rings (SSSR count). The Kier molecular flexibility index (Phi) is 7.03. The molecule has 0 fully saturated rings. The van der Waals surface area contributed by atoms with Gasteiger partial charge in [0, 0.05) is 24.2 Å². The molecule has 2 aromatic carbocycles. The molecule has 6 nitrogen and oxygen atoms in total. The monoisotopic (exact) mass is 444 g/mol. The number of carboxylic acid groups (broad SMARTS) is 1. The molecule has 0 saturated heterocycles. The maximum atomic E-state index is 12.8. The Morgan fingerprint density at radius 3 is 2.55 bits per heavy atom. The van der Waals surface area contributed by atoms with E-state index in [0.29, 0.717) is 12.2 Å². The molecule has 0 radical (unpaired) electrons. The smallest absolute Gasteiger partial charge is 0.341 e. The molecular weight excluding hydrogens is 416 g/mol. The number of fused-ring (bicyclic) bond motifs is 1. The number of nitrogens with two attached hydrogens (primary N) is 1. The summed E-state index contributed by atoms with van der Waals surface area (Å²) in [6.07, 6.45) is 6.68. The number of rotatable bonds is 9. The molecule has 33 heavy (non-hydrogen) atoms. The van der Waals surface area contributed by atoms with Crippen LogP contribution in [0.25, 0.3) is 0 Å². The summed E-state index contributed by atoms with van der Waals surface area (Å²) < 4.78 is 5.55. The van der Waals surface area contributed by atoms with Crippen molar-refractivity contribution in [3.05, 3.63) is 95.3 Å².